The van der Waals surface area contributed by atoms with Gasteiger partial charge < -0.3 is 4.98 Å². The smallest absolute Gasteiger partial charge is 0.251 e. The van der Waals surface area contributed by atoms with Crippen LogP contribution in [-0.2, 0) is 0 Å². The van der Waals surface area contributed by atoms with Crippen molar-refractivity contribution >= 4 is 28.8 Å². The molecule has 0 aliphatic rings. The number of hydrazone groups is 1. The molecule has 6 nitrogen and oxygen atoms in total. The molecule has 1 heterocycles. The van der Waals surface area contributed by atoms with Crippen molar-refractivity contribution in [3.63, 3.8) is 0 Å². The number of aromatic nitrogens is 2. The summed E-state index contributed by atoms with van der Waals surface area (Å²) < 4.78 is 0. The van der Waals surface area contributed by atoms with Crippen molar-refractivity contribution in [1.82, 2.24) is 9.97 Å². The van der Waals surface area contributed by atoms with Crippen molar-refractivity contribution in [2.24, 2.45) is 5.10 Å². The molecule has 0 aliphatic carbocycles. The Labute approximate surface area is 160 Å². The zero-order chi connectivity index (χ0) is 19.4. The molecular weight excluding hydrogens is 364 g/mol. The van der Waals surface area contributed by atoms with Crippen LogP contribution >= 0.6 is 11.6 Å². The average molecular weight is 381 g/mol. The Morgan fingerprint density at radius 1 is 1.11 bits per heavy atom. The van der Waals surface area contributed by atoms with Crippen LogP contribution in [0.1, 0.15) is 27.4 Å². The second-order valence-corrected chi connectivity index (χ2v) is 6.45. The molecule has 0 atom stereocenters. The van der Waals surface area contributed by atoms with Crippen LogP contribution in [0.2, 0.25) is 5.02 Å². The van der Waals surface area contributed by atoms with Gasteiger partial charge in [-0.3, -0.25) is 15.0 Å². The van der Waals surface area contributed by atoms with Gasteiger partial charge in [0, 0.05) is 22.3 Å². The molecule has 136 valence electrons. The van der Waals surface area contributed by atoms with E-state index in [-0.39, 0.29) is 22.9 Å². The van der Waals surface area contributed by atoms with Gasteiger partial charge in [0.25, 0.3) is 5.56 Å². The molecule has 0 fully saturated rings. The van der Waals surface area contributed by atoms with Gasteiger partial charge in [-0.1, -0.05) is 23.7 Å². The predicted octanol–water partition coefficient (Wildman–Crippen LogP) is 3.74. The fraction of sp³-hybridized carbons (Fsp3) is 0.100. The van der Waals surface area contributed by atoms with E-state index in [1.165, 1.54) is 6.07 Å². The number of aromatic amines is 1. The van der Waals surface area contributed by atoms with Gasteiger partial charge in [0.05, 0.1) is 5.69 Å². The molecule has 2 aromatic carbocycles. The minimum atomic E-state index is -0.388. The fourth-order valence-electron chi connectivity index (χ4n) is 2.48. The Morgan fingerprint density at radius 3 is 2.52 bits per heavy atom. The first-order valence-corrected chi connectivity index (χ1v) is 8.59. The van der Waals surface area contributed by atoms with Gasteiger partial charge in [-0.25, -0.2) is 4.98 Å². The topological polar surface area (TPSA) is 87.2 Å². The lowest BCUT2D eigenvalue weighted by molar-refractivity contribution is 0.106. The van der Waals surface area contributed by atoms with E-state index in [1.807, 2.05) is 31.2 Å². The largest absolute Gasteiger partial charge is 0.305 e. The minimum absolute atomic E-state index is 0.000344. The number of Topliss-reactive ketones (excluding diaryl/α,β-unsaturated/α-hetero) is 1. The van der Waals surface area contributed by atoms with Crippen LogP contribution in [0.25, 0.3) is 0 Å². The van der Waals surface area contributed by atoms with Gasteiger partial charge in [-0.05, 0) is 55.8 Å². The number of halogens is 1. The lowest BCUT2D eigenvalue weighted by Crippen LogP contribution is -2.24. The molecule has 3 aromatic rings. The van der Waals surface area contributed by atoms with Crippen LogP contribution in [0.5, 0.6) is 0 Å². The summed E-state index contributed by atoms with van der Waals surface area (Å²) in [5.74, 6) is -0.291. The molecule has 0 aliphatic heterocycles. The normalized spacial score (nSPS) is 11.3. The van der Waals surface area contributed by atoms with Crippen LogP contribution in [0.15, 0.2) is 64.5 Å². The molecule has 27 heavy (non-hydrogen) atoms. The standard InChI is InChI=1S/C20H17ClN4O2/c1-12-4-3-5-16(10-12)24-25-18(20-22-13(2)11-17(26)23-20)19(27)14-6-8-15(21)9-7-14/h3-11,24H,1-2H3,(H,22,23,26)/b25-18+. The monoisotopic (exact) mass is 380 g/mol. The molecular formula is C20H17ClN4O2. The zero-order valence-electron chi connectivity index (χ0n) is 14.8. The molecule has 2 N–H and O–H groups in total. The van der Waals surface area contributed by atoms with E-state index >= 15 is 0 Å². The third-order valence-electron chi connectivity index (χ3n) is 3.73. The summed E-state index contributed by atoms with van der Waals surface area (Å²) in [7, 11) is 0. The Kier molecular flexibility index (Phi) is 5.47. The van der Waals surface area contributed by atoms with E-state index in [1.54, 1.807) is 31.2 Å². The molecule has 0 amide bonds. The third-order valence-corrected chi connectivity index (χ3v) is 3.98. The van der Waals surface area contributed by atoms with Gasteiger partial charge in [-0.2, -0.15) is 5.10 Å². The lowest BCUT2D eigenvalue weighted by Gasteiger charge is -2.08. The predicted molar refractivity (Wildman–Crippen MR) is 107 cm³/mol. The van der Waals surface area contributed by atoms with Gasteiger partial charge in [-0.15, -0.1) is 0 Å². The molecule has 3 rings (SSSR count). The maximum Gasteiger partial charge on any atom is 0.251 e. The summed E-state index contributed by atoms with van der Waals surface area (Å²) in [6.45, 7) is 3.63. The first-order valence-electron chi connectivity index (χ1n) is 8.21. The summed E-state index contributed by atoms with van der Waals surface area (Å²) in [4.78, 5) is 31.7. The van der Waals surface area contributed by atoms with E-state index in [9.17, 15) is 9.59 Å². The summed E-state index contributed by atoms with van der Waals surface area (Å²) in [5.41, 5.74) is 5.14. The Balaban J connectivity index is 2.05. The van der Waals surface area contributed by atoms with E-state index in [2.05, 4.69) is 20.5 Å². The highest BCUT2D eigenvalue weighted by molar-refractivity contribution is 6.50. The number of hydrogen-bond acceptors (Lipinski definition) is 5. The van der Waals surface area contributed by atoms with Gasteiger partial charge in [0.1, 0.15) is 0 Å². The van der Waals surface area contributed by atoms with Gasteiger partial charge >= 0.3 is 0 Å². The second-order valence-electron chi connectivity index (χ2n) is 6.01. The van der Waals surface area contributed by atoms with Crippen LogP contribution in [0.4, 0.5) is 5.69 Å². The number of benzene rings is 2. The second kappa shape index (κ2) is 7.97. The van der Waals surface area contributed by atoms with E-state index in [0.717, 1.165) is 5.56 Å². The Hall–Kier alpha value is -3.25. The zero-order valence-corrected chi connectivity index (χ0v) is 15.5. The number of rotatable bonds is 5. The van der Waals surface area contributed by atoms with Gasteiger partial charge in [0.15, 0.2) is 11.5 Å². The van der Waals surface area contributed by atoms with E-state index < -0.39 is 0 Å². The number of carbonyl (C=O) groups excluding carboxylic acids is 1. The highest BCUT2D eigenvalue weighted by atomic mass is 35.5. The number of H-pyrrole nitrogens is 1. The number of aryl methyl sites for hydroxylation is 2. The Morgan fingerprint density at radius 2 is 1.85 bits per heavy atom. The maximum atomic E-state index is 13.0. The summed E-state index contributed by atoms with van der Waals surface area (Å²) in [5, 5.41) is 4.76. The molecule has 0 saturated heterocycles. The fourth-order valence-corrected chi connectivity index (χ4v) is 2.60. The summed E-state index contributed by atoms with van der Waals surface area (Å²) >= 11 is 5.90. The minimum Gasteiger partial charge on any atom is -0.305 e. The van der Waals surface area contributed by atoms with E-state index in [4.69, 9.17) is 11.6 Å². The van der Waals surface area contributed by atoms with Crippen molar-refractivity contribution in [3.05, 3.63) is 92.6 Å². The van der Waals surface area contributed by atoms with Crippen LogP contribution in [0.3, 0.4) is 0 Å². The molecule has 0 bridgehead atoms. The van der Waals surface area contributed by atoms with Crippen molar-refractivity contribution in [2.75, 3.05) is 5.43 Å². The molecule has 0 saturated carbocycles. The summed E-state index contributed by atoms with van der Waals surface area (Å²) in [6, 6.07) is 15.3. The maximum absolute atomic E-state index is 13.0. The van der Waals surface area contributed by atoms with Crippen molar-refractivity contribution in [1.29, 1.82) is 0 Å². The third kappa shape index (κ3) is 4.68. The van der Waals surface area contributed by atoms with Crippen LogP contribution in [-0.4, -0.2) is 21.5 Å². The molecule has 0 spiro atoms. The first kappa shape index (κ1) is 18.5. The molecule has 0 unspecified atom stereocenters. The van der Waals surface area contributed by atoms with Crippen LogP contribution in [0, 0.1) is 13.8 Å². The number of hydrogen-bond donors (Lipinski definition) is 2. The molecule has 0 radical (unpaired) electrons. The van der Waals surface area contributed by atoms with Crippen molar-refractivity contribution < 1.29 is 4.79 Å². The number of anilines is 1. The summed E-state index contributed by atoms with van der Waals surface area (Å²) in [6.07, 6.45) is 0. The SMILES string of the molecule is Cc1cccc(N/N=C(\C(=O)c2ccc(Cl)cc2)c2nc(C)cc(=O)[nH]2)c1. The van der Waals surface area contributed by atoms with Gasteiger partial charge in [0.2, 0.25) is 5.78 Å². The quantitative estimate of drug-likeness (QED) is 0.401. The number of ketones is 1. The molecule has 7 heteroatoms. The van der Waals surface area contributed by atoms with E-state index in [0.29, 0.717) is 22.0 Å². The van der Waals surface area contributed by atoms with Crippen molar-refractivity contribution in [2.45, 2.75) is 13.8 Å². The lowest BCUT2D eigenvalue weighted by atomic mass is 10.1. The highest BCUT2D eigenvalue weighted by Crippen LogP contribution is 2.13. The van der Waals surface area contributed by atoms with Crippen molar-refractivity contribution in [3.8, 4) is 0 Å². The first-order chi connectivity index (χ1) is 12.9. The van der Waals surface area contributed by atoms with Crippen LogP contribution < -0.4 is 11.0 Å². The average Bonchev–Trinajstić information content (AvgIpc) is 2.61. The Bertz CT molecular complexity index is 1070. The highest BCUT2D eigenvalue weighted by Gasteiger charge is 2.19. The number of carbonyl (C=O) groups is 1. The molecule has 1 aromatic heterocycles. The number of nitrogens with one attached hydrogen (secondary N) is 2. The number of nitrogens with zero attached hydrogens (tertiary/aromatic N) is 2.